The van der Waals surface area contributed by atoms with Gasteiger partial charge in [-0.1, -0.05) is 26.8 Å². The van der Waals surface area contributed by atoms with Crippen molar-refractivity contribution in [3.63, 3.8) is 0 Å². The minimum atomic E-state index is -0.445. The highest BCUT2D eigenvalue weighted by molar-refractivity contribution is 5.95. The molecule has 3 N–H and O–H groups in total. The average molecular weight is 293 g/mol. The Hall–Kier alpha value is -1.95. The van der Waals surface area contributed by atoms with Crippen molar-refractivity contribution in [2.24, 2.45) is 5.73 Å². The summed E-state index contributed by atoms with van der Waals surface area (Å²) in [6.07, 6.45) is 0.661. The Morgan fingerprint density at radius 3 is 2.52 bits per heavy atom. The maximum atomic E-state index is 12.0. The third-order valence-electron chi connectivity index (χ3n) is 3.15. The number of hydrogen-bond acceptors (Lipinski definition) is 4. The van der Waals surface area contributed by atoms with Gasteiger partial charge in [-0.15, -0.1) is 0 Å². The first-order valence-corrected chi connectivity index (χ1v) is 6.95. The maximum absolute atomic E-state index is 12.0. The van der Waals surface area contributed by atoms with E-state index in [-0.39, 0.29) is 23.1 Å². The van der Waals surface area contributed by atoms with Crippen LogP contribution in [0.2, 0.25) is 0 Å². The Kier molecular flexibility index (Phi) is 5.43. The molecule has 0 heterocycles. The summed E-state index contributed by atoms with van der Waals surface area (Å²) < 4.78 is 0. The second-order valence-corrected chi connectivity index (χ2v) is 6.26. The van der Waals surface area contributed by atoms with Crippen LogP contribution in [0, 0.1) is 10.1 Å². The Morgan fingerprint density at radius 1 is 1.43 bits per heavy atom. The molecule has 6 nitrogen and oxygen atoms in total. The molecule has 1 unspecified atom stereocenters. The van der Waals surface area contributed by atoms with E-state index in [9.17, 15) is 14.9 Å². The highest BCUT2D eigenvalue weighted by Crippen LogP contribution is 2.31. The lowest BCUT2D eigenvalue weighted by Gasteiger charge is -2.19. The molecule has 0 spiro atoms. The molecule has 1 atom stereocenters. The lowest BCUT2D eigenvalue weighted by molar-refractivity contribution is -0.386. The fraction of sp³-hybridized carbons (Fsp3) is 0.533. The molecule has 0 aliphatic carbocycles. The van der Waals surface area contributed by atoms with Crippen molar-refractivity contribution < 1.29 is 9.72 Å². The third-order valence-corrected chi connectivity index (χ3v) is 3.15. The summed E-state index contributed by atoms with van der Waals surface area (Å²) >= 11 is 0. The van der Waals surface area contributed by atoms with Gasteiger partial charge in [0, 0.05) is 29.8 Å². The first-order valence-electron chi connectivity index (χ1n) is 6.95. The SMILES string of the molecule is CC(N)CCNC(=O)c1ccc(C(C)(C)C)c([N+](=O)[O-])c1. The standard InChI is InChI=1S/C15H23N3O3/c1-10(16)7-8-17-14(19)11-5-6-12(15(2,3)4)13(9-11)18(20)21/h5-6,9-10H,7-8,16H2,1-4H3,(H,17,19). The van der Waals surface area contributed by atoms with Crippen LogP contribution < -0.4 is 11.1 Å². The predicted octanol–water partition coefficient (Wildman–Crippen LogP) is 2.36. The van der Waals surface area contributed by atoms with Crippen LogP contribution in [0.15, 0.2) is 18.2 Å². The zero-order valence-electron chi connectivity index (χ0n) is 13.0. The molecule has 0 aromatic heterocycles. The van der Waals surface area contributed by atoms with Crippen molar-refractivity contribution in [3.05, 3.63) is 39.4 Å². The molecule has 0 saturated heterocycles. The van der Waals surface area contributed by atoms with E-state index in [4.69, 9.17) is 5.73 Å². The number of nitrogens with zero attached hydrogens (tertiary/aromatic N) is 1. The van der Waals surface area contributed by atoms with Crippen LogP contribution >= 0.6 is 0 Å². The number of hydrogen-bond donors (Lipinski definition) is 2. The van der Waals surface area contributed by atoms with Crippen LogP contribution in [0.3, 0.4) is 0 Å². The molecular weight excluding hydrogens is 270 g/mol. The fourth-order valence-corrected chi connectivity index (χ4v) is 1.97. The summed E-state index contributed by atoms with van der Waals surface area (Å²) in [6, 6.07) is 4.61. The van der Waals surface area contributed by atoms with Gasteiger partial charge in [0.2, 0.25) is 0 Å². The predicted molar refractivity (Wildman–Crippen MR) is 82.4 cm³/mol. The Bertz CT molecular complexity index is 533. The lowest BCUT2D eigenvalue weighted by atomic mass is 9.85. The van der Waals surface area contributed by atoms with E-state index in [0.29, 0.717) is 24.1 Å². The summed E-state index contributed by atoms with van der Waals surface area (Å²) in [4.78, 5) is 22.7. The monoisotopic (exact) mass is 293 g/mol. The normalized spacial score (nSPS) is 12.8. The molecule has 0 fully saturated rings. The molecule has 21 heavy (non-hydrogen) atoms. The van der Waals surface area contributed by atoms with E-state index in [0.717, 1.165) is 0 Å². The molecule has 0 aliphatic rings. The summed E-state index contributed by atoms with van der Waals surface area (Å²) in [6.45, 7) is 8.01. The van der Waals surface area contributed by atoms with Crippen molar-refractivity contribution in [1.29, 1.82) is 0 Å². The highest BCUT2D eigenvalue weighted by Gasteiger charge is 2.25. The number of rotatable bonds is 5. The van der Waals surface area contributed by atoms with E-state index in [1.807, 2.05) is 27.7 Å². The number of carbonyl (C=O) groups is 1. The van der Waals surface area contributed by atoms with Crippen molar-refractivity contribution in [1.82, 2.24) is 5.32 Å². The number of nitro benzene ring substituents is 1. The summed E-state index contributed by atoms with van der Waals surface area (Å²) in [5.74, 6) is -0.320. The highest BCUT2D eigenvalue weighted by atomic mass is 16.6. The van der Waals surface area contributed by atoms with E-state index in [1.54, 1.807) is 12.1 Å². The molecule has 0 bridgehead atoms. The molecule has 0 aliphatic heterocycles. The van der Waals surface area contributed by atoms with Gasteiger partial charge in [0.05, 0.1) is 4.92 Å². The zero-order chi connectivity index (χ0) is 16.2. The minimum Gasteiger partial charge on any atom is -0.352 e. The number of carbonyl (C=O) groups excluding carboxylic acids is 1. The van der Waals surface area contributed by atoms with E-state index < -0.39 is 4.92 Å². The number of benzene rings is 1. The third kappa shape index (κ3) is 4.82. The lowest BCUT2D eigenvalue weighted by Crippen LogP contribution is -2.29. The van der Waals surface area contributed by atoms with E-state index in [1.165, 1.54) is 6.07 Å². The number of nitrogens with one attached hydrogen (secondary N) is 1. The molecule has 116 valence electrons. The van der Waals surface area contributed by atoms with Gasteiger partial charge in [-0.3, -0.25) is 14.9 Å². The number of amides is 1. The molecule has 1 amide bonds. The summed E-state index contributed by atoms with van der Waals surface area (Å²) in [5.41, 5.74) is 6.13. The van der Waals surface area contributed by atoms with Crippen LogP contribution in [-0.2, 0) is 5.41 Å². The Balaban J connectivity index is 2.98. The minimum absolute atomic E-state index is 0.00269. The van der Waals surface area contributed by atoms with Gasteiger partial charge >= 0.3 is 0 Å². The molecule has 1 aromatic carbocycles. The van der Waals surface area contributed by atoms with Crippen LogP contribution in [0.25, 0.3) is 0 Å². The van der Waals surface area contributed by atoms with Crippen molar-refractivity contribution >= 4 is 11.6 Å². The van der Waals surface area contributed by atoms with Crippen LogP contribution in [0.4, 0.5) is 5.69 Å². The molecule has 1 rings (SSSR count). The smallest absolute Gasteiger partial charge is 0.273 e. The first kappa shape index (κ1) is 17.1. The van der Waals surface area contributed by atoms with Gasteiger partial charge in [0.25, 0.3) is 11.6 Å². The Labute approximate surface area is 124 Å². The van der Waals surface area contributed by atoms with Gasteiger partial charge in [0.1, 0.15) is 0 Å². The van der Waals surface area contributed by atoms with Gasteiger partial charge < -0.3 is 11.1 Å². The van der Waals surface area contributed by atoms with E-state index in [2.05, 4.69) is 5.32 Å². The first-order chi connectivity index (χ1) is 9.62. The fourth-order valence-electron chi connectivity index (χ4n) is 1.97. The van der Waals surface area contributed by atoms with Crippen molar-refractivity contribution in [2.45, 2.75) is 45.6 Å². The quantitative estimate of drug-likeness (QED) is 0.643. The number of nitro groups is 1. The van der Waals surface area contributed by atoms with Gasteiger partial charge in [-0.2, -0.15) is 0 Å². The number of nitrogens with two attached hydrogens (primary N) is 1. The molecular formula is C15H23N3O3. The van der Waals surface area contributed by atoms with Crippen LogP contribution in [0.5, 0.6) is 0 Å². The largest absolute Gasteiger partial charge is 0.352 e. The topological polar surface area (TPSA) is 98.3 Å². The van der Waals surface area contributed by atoms with Crippen molar-refractivity contribution in [3.8, 4) is 0 Å². The second-order valence-electron chi connectivity index (χ2n) is 6.26. The molecule has 0 saturated carbocycles. The van der Waals surface area contributed by atoms with E-state index >= 15 is 0 Å². The van der Waals surface area contributed by atoms with Crippen LogP contribution in [0.1, 0.15) is 50.0 Å². The Morgan fingerprint density at radius 2 is 2.05 bits per heavy atom. The molecule has 0 radical (unpaired) electrons. The van der Waals surface area contributed by atoms with Crippen molar-refractivity contribution in [2.75, 3.05) is 6.54 Å². The zero-order valence-corrected chi connectivity index (χ0v) is 13.0. The van der Waals surface area contributed by atoms with Gasteiger partial charge in [0.15, 0.2) is 0 Å². The summed E-state index contributed by atoms with van der Waals surface area (Å²) in [7, 11) is 0. The van der Waals surface area contributed by atoms with Gasteiger partial charge in [-0.25, -0.2) is 0 Å². The maximum Gasteiger partial charge on any atom is 0.273 e. The molecule has 6 heteroatoms. The molecule has 1 aromatic rings. The van der Waals surface area contributed by atoms with Gasteiger partial charge in [-0.05, 0) is 24.8 Å². The van der Waals surface area contributed by atoms with Crippen LogP contribution in [-0.4, -0.2) is 23.4 Å². The average Bonchev–Trinajstić information content (AvgIpc) is 2.36. The second kappa shape index (κ2) is 6.67. The summed E-state index contributed by atoms with van der Waals surface area (Å²) in [5, 5.41) is 13.9.